The highest BCUT2D eigenvalue weighted by Crippen LogP contribution is 2.18. The Hall–Kier alpha value is -0.750. The normalized spacial score (nSPS) is 12.9. The van der Waals surface area contributed by atoms with Gasteiger partial charge in [-0.2, -0.15) is 0 Å². The Labute approximate surface area is 103 Å². The van der Waals surface area contributed by atoms with Crippen molar-refractivity contribution in [3.63, 3.8) is 0 Å². The average molecular weight is 254 g/mol. The number of hydrogen-bond donors (Lipinski definition) is 2. The Bertz CT molecular complexity index is 425. The van der Waals surface area contributed by atoms with Gasteiger partial charge in [-0.3, -0.25) is 0 Å². The molecule has 0 fully saturated rings. The van der Waals surface area contributed by atoms with Crippen molar-refractivity contribution in [2.45, 2.75) is 19.6 Å². The smallest absolute Gasteiger partial charge is 0.107 e. The predicted octanol–water partition coefficient (Wildman–Crippen LogP) is 2.34. The molecule has 1 unspecified atom stereocenters. The molecule has 0 aliphatic rings. The van der Waals surface area contributed by atoms with E-state index in [2.05, 4.69) is 10.3 Å². The Balaban J connectivity index is 1.76. The molecule has 0 radical (unpaired) electrons. The van der Waals surface area contributed by atoms with E-state index in [1.807, 2.05) is 29.8 Å². The summed E-state index contributed by atoms with van der Waals surface area (Å²) in [6.45, 7) is 3.28. The minimum absolute atomic E-state index is 0.416. The zero-order valence-corrected chi connectivity index (χ0v) is 10.6. The van der Waals surface area contributed by atoms with Crippen molar-refractivity contribution in [3.8, 4) is 0 Å². The number of hydrogen-bond acceptors (Lipinski definition) is 5. The molecular weight excluding hydrogens is 240 g/mol. The van der Waals surface area contributed by atoms with Crippen LogP contribution < -0.4 is 5.32 Å². The summed E-state index contributed by atoms with van der Waals surface area (Å²) in [7, 11) is 0. The molecular formula is C11H14N2OS2. The quantitative estimate of drug-likeness (QED) is 0.861. The van der Waals surface area contributed by atoms with Crippen molar-refractivity contribution in [2.24, 2.45) is 0 Å². The molecule has 0 aliphatic carbocycles. The summed E-state index contributed by atoms with van der Waals surface area (Å²) in [5.41, 5.74) is 1.06. The van der Waals surface area contributed by atoms with E-state index in [1.54, 1.807) is 22.7 Å². The molecule has 0 spiro atoms. The first-order valence-corrected chi connectivity index (χ1v) is 6.85. The lowest BCUT2D eigenvalue weighted by Crippen LogP contribution is -2.20. The standard InChI is InChI=1S/C11H14N2OS2/c1-8-7-16-11(13-8)6-12-5-9(14)10-3-2-4-15-10/h2-4,7,9,12,14H,5-6H2,1H3. The Kier molecular flexibility index (Phi) is 4.06. The first-order chi connectivity index (χ1) is 7.75. The zero-order valence-electron chi connectivity index (χ0n) is 9.01. The minimum Gasteiger partial charge on any atom is -0.386 e. The number of thiophene rings is 1. The lowest BCUT2D eigenvalue weighted by Gasteiger charge is -2.08. The van der Waals surface area contributed by atoms with Crippen LogP contribution in [0.2, 0.25) is 0 Å². The van der Waals surface area contributed by atoms with E-state index in [4.69, 9.17) is 0 Å². The number of aryl methyl sites for hydroxylation is 1. The van der Waals surface area contributed by atoms with Crippen LogP contribution in [-0.4, -0.2) is 16.6 Å². The van der Waals surface area contributed by atoms with Crippen LogP contribution in [0.15, 0.2) is 22.9 Å². The Morgan fingerprint density at radius 1 is 1.50 bits per heavy atom. The van der Waals surface area contributed by atoms with E-state index < -0.39 is 6.10 Å². The summed E-state index contributed by atoms with van der Waals surface area (Å²) in [6, 6.07) is 3.90. The fourth-order valence-corrected chi connectivity index (χ4v) is 2.83. The molecule has 0 amide bonds. The maximum absolute atomic E-state index is 9.82. The number of aliphatic hydroxyl groups is 1. The number of nitrogens with one attached hydrogen (secondary N) is 1. The third-order valence-electron chi connectivity index (χ3n) is 2.15. The molecule has 0 aliphatic heterocycles. The topological polar surface area (TPSA) is 45.1 Å². The van der Waals surface area contributed by atoms with Crippen molar-refractivity contribution in [1.82, 2.24) is 10.3 Å². The summed E-state index contributed by atoms with van der Waals surface area (Å²) in [5, 5.41) is 18.1. The average Bonchev–Trinajstić information content (AvgIpc) is 2.89. The molecule has 0 saturated carbocycles. The van der Waals surface area contributed by atoms with E-state index in [-0.39, 0.29) is 0 Å². The van der Waals surface area contributed by atoms with Gasteiger partial charge in [-0.1, -0.05) is 6.07 Å². The van der Waals surface area contributed by atoms with Crippen molar-refractivity contribution in [3.05, 3.63) is 38.5 Å². The van der Waals surface area contributed by atoms with E-state index in [9.17, 15) is 5.11 Å². The molecule has 5 heteroatoms. The number of thiazole rings is 1. The van der Waals surface area contributed by atoms with Gasteiger partial charge >= 0.3 is 0 Å². The molecule has 2 N–H and O–H groups in total. The van der Waals surface area contributed by atoms with Gasteiger partial charge in [0.1, 0.15) is 11.1 Å². The largest absolute Gasteiger partial charge is 0.386 e. The van der Waals surface area contributed by atoms with E-state index in [1.165, 1.54) is 0 Å². The summed E-state index contributed by atoms with van der Waals surface area (Å²) in [5.74, 6) is 0. The van der Waals surface area contributed by atoms with Crippen LogP contribution in [0.25, 0.3) is 0 Å². The van der Waals surface area contributed by atoms with Gasteiger partial charge in [0.25, 0.3) is 0 Å². The van der Waals surface area contributed by atoms with Crippen molar-refractivity contribution < 1.29 is 5.11 Å². The molecule has 0 aromatic carbocycles. The molecule has 0 bridgehead atoms. The number of nitrogens with zero attached hydrogens (tertiary/aromatic N) is 1. The summed E-state index contributed by atoms with van der Waals surface area (Å²) in [4.78, 5) is 5.35. The molecule has 2 rings (SSSR count). The van der Waals surface area contributed by atoms with Crippen LogP contribution in [-0.2, 0) is 6.54 Å². The van der Waals surface area contributed by atoms with Gasteiger partial charge in [0.2, 0.25) is 0 Å². The van der Waals surface area contributed by atoms with Crippen LogP contribution in [0.5, 0.6) is 0 Å². The van der Waals surface area contributed by atoms with Gasteiger partial charge in [0.15, 0.2) is 0 Å². The lowest BCUT2D eigenvalue weighted by atomic mass is 10.3. The fraction of sp³-hybridized carbons (Fsp3) is 0.364. The summed E-state index contributed by atoms with van der Waals surface area (Å²) >= 11 is 3.22. The molecule has 1 atom stereocenters. The predicted molar refractivity (Wildman–Crippen MR) is 67.8 cm³/mol. The maximum atomic E-state index is 9.82. The summed E-state index contributed by atoms with van der Waals surface area (Å²) < 4.78 is 0. The van der Waals surface area contributed by atoms with Crippen LogP contribution in [0.4, 0.5) is 0 Å². The van der Waals surface area contributed by atoms with Crippen molar-refractivity contribution >= 4 is 22.7 Å². The van der Waals surface area contributed by atoms with Crippen LogP contribution >= 0.6 is 22.7 Å². The zero-order chi connectivity index (χ0) is 11.4. The van der Waals surface area contributed by atoms with Gasteiger partial charge in [-0.15, -0.1) is 22.7 Å². The second-order valence-electron chi connectivity index (χ2n) is 3.54. The van der Waals surface area contributed by atoms with Gasteiger partial charge in [0, 0.05) is 29.0 Å². The van der Waals surface area contributed by atoms with E-state index >= 15 is 0 Å². The molecule has 2 aromatic heterocycles. The van der Waals surface area contributed by atoms with Gasteiger partial charge in [0.05, 0.1) is 0 Å². The molecule has 2 aromatic rings. The second-order valence-corrected chi connectivity index (χ2v) is 5.47. The third-order valence-corrected chi connectivity index (χ3v) is 4.09. The Morgan fingerprint density at radius 3 is 3.00 bits per heavy atom. The summed E-state index contributed by atoms with van der Waals surface area (Å²) in [6.07, 6.45) is -0.416. The second kappa shape index (κ2) is 5.54. The minimum atomic E-state index is -0.416. The lowest BCUT2D eigenvalue weighted by molar-refractivity contribution is 0.178. The number of aromatic nitrogens is 1. The fourth-order valence-electron chi connectivity index (χ4n) is 1.38. The van der Waals surface area contributed by atoms with E-state index in [0.29, 0.717) is 6.54 Å². The Morgan fingerprint density at radius 2 is 2.38 bits per heavy atom. The van der Waals surface area contributed by atoms with Crippen LogP contribution in [0.1, 0.15) is 21.7 Å². The highest BCUT2D eigenvalue weighted by Gasteiger charge is 2.07. The van der Waals surface area contributed by atoms with Gasteiger partial charge in [-0.05, 0) is 18.4 Å². The molecule has 2 heterocycles. The van der Waals surface area contributed by atoms with Crippen LogP contribution in [0, 0.1) is 6.92 Å². The molecule has 86 valence electrons. The SMILES string of the molecule is Cc1csc(CNCC(O)c2cccs2)n1. The van der Waals surface area contributed by atoms with Crippen molar-refractivity contribution in [2.75, 3.05) is 6.54 Å². The highest BCUT2D eigenvalue weighted by atomic mass is 32.1. The highest BCUT2D eigenvalue weighted by molar-refractivity contribution is 7.10. The first kappa shape index (κ1) is 11.7. The number of rotatable bonds is 5. The van der Waals surface area contributed by atoms with Gasteiger partial charge in [-0.25, -0.2) is 4.98 Å². The first-order valence-electron chi connectivity index (χ1n) is 5.09. The molecule has 3 nitrogen and oxygen atoms in total. The molecule has 0 saturated heterocycles. The van der Waals surface area contributed by atoms with Gasteiger partial charge < -0.3 is 10.4 Å². The van der Waals surface area contributed by atoms with Crippen molar-refractivity contribution in [1.29, 1.82) is 0 Å². The molecule has 16 heavy (non-hydrogen) atoms. The van der Waals surface area contributed by atoms with E-state index in [0.717, 1.165) is 22.1 Å². The number of aliphatic hydroxyl groups excluding tert-OH is 1. The maximum Gasteiger partial charge on any atom is 0.107 e. The monoisotopic (exact) mass is 254 g/mol. The van der Waals surface area contributed by atoms with Crippen LogP contribution in [0.3, 0.4) is 0 Å². The third kappa shape index (κ3) is 3.12.